The van der Waals surface area contributed by atoms with E-state index in [9.17, 15) is 0 Å². The molecule has 0 spiro atoms. The van der Waals surface area contributed by atoms with Crippen LogP contribution in [0.5, 0.6) is 0 Å². The Morgan fingerprint density at radius 1 is 0.490 bits per heavy atom. The third kappa shape index (κ3) is 4.71. The summed E-state index contributed by atoms with van der Waals surface area (Å²) in [7, 11) is 0. The SMILES string of the molecule is C1=Cc2cc(-c3nc(-c4ccc5c6c(ccc5c4)C=CCC6)nc(-c4cccc5oc6cccc(-c7ccccc7)c6c45)n3)ccc2CC1. The standard InChI is InChI=1S/C45H31N3O/c1-2-11-29(12-3-1)37-16-8-18-39-41(37)42-38(17-9-19-40(42)49-39)45-47-43(33-23-20-28-10-4-5-14-31(28)26-33)46-44(48-45)34-24-25-36-32(27-34)22-21-30-13-6-7-15-35(30)36/h1-3,5-6,8-9,11-14,16-27H,4,7,10,15H2. The van der Waals surface area contributed by atoms with Gasteiger partial charge in [-0.1, -0.05) is 115 Å². The fraction of sp³-hybridized carbons (Fsp3) is 0.0889. The van der Waals surface area contributed by atoms with E-state index >= 15 is 0 Å². The topological polar surface area (TPSA) is 51.8 Å². The number of hydrogen-bond donors (Lipinski definition) is 0. The molecule has 4 heteroatoms. The fourth-order valence-corrected chi connectivity index (χ4v) is 7.66. The summed E-state index contributed by atoms with van der Waals surface area (Å²) in [6, 6.07) is 40.6. The lowest BCUT2D eigenvalue weighted by molar-refractivity contribution is 0.669. The summed E-state index contributed by atoms with van der Waals surface area (Å²) >= 11 is 0. The number of aromatic nitrogens is 3. The predicted molar refractivity (Wildman–Crippen MR) is 201 cm³/mol. The smallest absolute Gasteiger partial charge is 0.164 e. The molecule has 232 valence electrons. The van der Waals surface area contributed by atoms with Gasteiger partial charge in [-0.25, -0.2) is 15.0 Å². The van der Waals surface area contributed by atoms with Crippen LogP contribution in [0, 0.1) is 0 Å². The van der Waals surface area contributed by atoms with Gasteiger partial charge in [-0.3, -0.25) is 0 Å². The van der Waals surface area contributed by atoms with Gasteiger partial charge >= 0.3 is 0 Å². The Morgan fingerprint density at radius 3 is 2.02 bits per heavy atom. The van der Waals surface area contributed by atoms with E-state index in [0.29, 0.717) is 17.5 Å². The number of aryl methyl sites for hydroxylation is 2. The van der Waals surface area contributed by atoms with Crippen molar-refractivity contribution in [2.24, 2.45) is 0 Å². The maximum Gasteiger partial charge on any atom is 0.164 e. The molecule has 2 aliphatic rings. The number of rotatable bonds is 4. The largest absolute Gasteiger partial charge is 0.456 e. The van der Waals surface area contributed by atoms with Crippen LogP contribution in [0.2, 0.25) is 0 Å². The maximum absolute atomic E-state index is 6.48. The Morgan fingerprint density at radius 2 is 1.18 bits per heavy atom. The first-order chi connectivity index (χ1) is 24.3. The molecular weight excluding hydrogens is 599 g/mol. The zero-order chi connectivity index (χ0) is 32.3. The molecule has 8 aromatic rings. The van der Waals surface area contributed by atoms with E-state index in [0.717, 1.165) is 75.4 Å². The van der Waals surface area contributed by atoms with E-state index < -0.39 is 0 Å². The van der Waals surface area contributed by atoms with Crippen LogP contribution in [0.1, 0.15) is 35.1 Å². The van der Waals surface area contributed by atoms with Crippen LogP contribution in [-0.2, 0) is 12.8 Å². The minimum absolute atomic E-state index is 0.625. The summed E-state index contributed by atoms with van der Waals surface area (Å²) in [5, 5.41) is 4.56. The highest BCUT2D eigenvalue weighted by Gasteiger charge is 2.21. The number of fused-ring (bicyclic) bond motifs is 7. The lowest BCUT2D eigenvalue weighted by atomic mass is 9.91. The molecule has 2 heterocycles. The van der Waals surface area contributed by atoms with Crippen LogP contribution in [0.25, 0.3) is 90.2 Å². The van der Waals surface area contributed by atoms with Crippen LogP contribution in [0.4, 0.5) is 0 Å². The van der Waals surface area contributed by atoms with Crippen LogP contribution in [-0.4, -0.2) is 15.0 Å². The molecule has 49 heavy (non-hydrogen) atoms. The van der Waals surface area contributed by atoms with Crippen molar-refractivity contribution >= 4 is 44.9 Å². The van der Waals surface area contributed by atoms with Gasteiger partial charge in [0.05, 0.1) is 0 Å². The van der Waals surface area contributed by atoms with Crippen molar-refractivity contribution in [3.8, 4) is 45.3 Å². The number of nitrogens with zero attached hydrogens (tertiary/aromatic N) is 3. The fourth-order valence-electron chi connectivity index (χ4n) is 7.66. The molecule has 0 bridgehead atoms. The molecule has 0 radical (unpaired) electrons. The molecule has 0 unspecified atom stereocenters. The molecule has 0 amide bonds. The highest BCUT2D eigenvalue weighted by atomic mass is 16.3. The normalized spacial score (nSPS) is 13.6. The average molecular weight is 630 g/mol. The molecule has 0 N–H and O–H groups in total. The van der Waals surface area contributed by atoms with Gasteiger partial charge in [-0.05, 0) is 94.1 Å². The van der Waals surface area contributed by atoms with Gasteiger partial charge in [-0.2, -0.15) is 0 Å². The highest BCUT2D eigenvalue weighted by Crippen LogP contribution is 2.41. The van der Waals surface area contributed by atoms with Crippen molar-refractivity contribution in [1.29, 1.82) is 0 Å². The first-order valence-electron chi connectivity index (χ1n) is 17.1. The van der Waals surface area contributed by atoms with E-state index in [1.165, 1.54) is 33.0 Å². The van der Waals surface area contributed by atoms with Gasteiger partial charge < -0.3 is 4.42 Å². The molecule has 2 aromatic heterocycles. The number of benzene rings is 6. The van der Waals surface area contributed by atoms with E-state index in [4.69, 9.17) is 19.4 Å². The van der Waals surface area contributed by atoms with Crippen LogP contribution in [0.15, 0.2) is 132 Å². The Kier molecular flexibility index (Phi) is 6.41. The third-order valence-corrected chi connectivity index (χ3v) is 10.0. The molecule has 0 saturated heterocycles. The first kappa shape index (κ1) is 27.9. The summed E-state index contributed by atoms with van der Waals surface area (Å²) in [4.78, 5) is 15.6. The van der Waals surface area contributed by atoms with E-state index in [1.54, 1.807) is 0 Å². The van der Waals surface area contributed by atoms with Crippen molar-refractivity contribution < 1.29 is 4.42 Å². The van der Waals surface area contributed by atoms with Crippen molar-refractivity contribution in [1.82, 2.24) is 15.0 Å². The predicted octanol–water partition coefficient (Wildman–Crippen LogP) is 11.5. The second-order valence-corrected chi connectivity index (χ2v) is 13.0. The van der Waals surface area contributed by atoms with Gasteiger partial charge in [0.25, 0.3) is 0 Å². The van der Waals surface area contributed by atoms with Crippen molar-refractivity contribution in [2.45, 2.75) is 25.7 Å². The molecular formula is C45H31N3O. The van der Waals surface area contributed by atoms with Crippen molar-refractivity contribution in [3.05, 3.63) is 150 Å². The van der Waals surface area contributed by atoms with Crippen LogP contribution in [0.3, 0.4) is 0 Å². The molecule has 4 nitrogen and oxygen atoms in total. The van der Waals surface area contributed by atoms with E-state index in [1.807, 2.05) is 24.3 Å². The van der Waals surface area contributed by atoms with Crippen molar-refractivity contribution in [3.63, 3.8) is 0 Å². The Balaban J connectivity index is 1.22. The molecule has 10 rings (SSSR count). The Bertz CT molecular complexity index is 2660. The molecule has 0 saturated carbocycles. The maximum atomic E-state index is 6.48. The molecule has 0 aliphatic heterocycles. The summed E-state index contributed by atoms with van der Waals surface area (Å²) in [5.41, 5.74) is 12.1. The lowest BCUT2D eigenvalue weighted by Crippen LogP contribution is -2.02. The van der Waals surface area contributed by atoms with Crippen LogP contribution < -0.4 is 0 Å². The minimum atomic E-state index is 0.625. The summed E-state index contributed by atoms with van der Waals surface area (Å²) in [5.74, 6) is 1.94. The zero-order valence-electron chi connectivity index (χ0n) is 26.9. The van der Waals surface area contributed by atoms with Gasteiger partial charge in [0.15, 0.2) is 17.5 Å². The number of hydrogen-bond acceptors (Lipinski definition) is 4. The molecule has 6 aromatic carbocycles. The summed E-state index contributed by atoms with van der Waals surface area (Å²) in [6.07, 6.45) is 13.2. The molecule has 0 fully saturated rings. The lowest BCUT2D eigenvalue weighted by Gasteiger charge is -2.15. The second kappa shape index (κ2) is 11.2. The Hall–Kier alpha value is -6.13. The molecule has 2 aliphatic carbocycles. The number of allylic oxidation sites excluding steroid dienone is 2. The molecule has 0 atom stereocenters. The Labute approximate surface area is 284 Å². The third-order valence-electron chi connectivity index (χ3n) is 10.0. The quantitative estimate of drug-likeness (QED) is 0.194. The average Bonchev–Trinajstić information content (AvgIpc) is 3.57. The number of furan rings is 1. The first-order valence-corrected chi connectivity index (χ1v) is 17.1. The summed E-state index contributed by atoms with van der Waals surface area (Å²) in [6.45, 7) is 0. The zero-order valence-corrected chi connectivity index (χ0v) is 26.9. The van der Waals surface area contributed by atoms with Gasteiger partial charge in [0, 0.05) is 27.5 Å². The van der Waals surface area contributed by atoms with E-state index in [-0.39, 0.29) is 0 Å². The van der Waals surface area contributed by atoms with Gasteiger partial charge in [0.1, 0.15) is 11.2 Å². The second-order valence-electron chi connectivity index (χ2n) is 13.0. The van der Waals surface area contributed by atoms with Gasteiger partial charge in [-0.15, -0.1) is 0 Å². The van der Waals surface area contributed by atoms with Crippen molar-refractivity contribution in [2.75, 3.05) is 0 Å². The minimum Gasteiger partial charge on any atom is -0.456 e. The highest BCUT2D eigenvalue weighted by molar-refractivity contribution is 6.17. The monoisotopic (exact) mass is 629 g/mol. The van der Waals surface area contributed by atoms with Crippen LogP contribution >= 0.6 is 0 Å². The van der Waals surface area contributed by atoms with E-state index in [2.05, 4.69) is 115 Å². The van der Waals surface area contributed by atoms with Gasteiger partial charge in [0.2, 0.25) is 0 Å². The summed E-state index contributed by atoms with van der Waals surface area (Å²) < 4.78 is 6.48.